The second-order valence-electron chi connectivity index (χ2n) is 6.68. The van der Waals surface area contributed by atoms with Gasteiger partial charge >= 0.3 is 0 Å². The minimum Gasteiger partial charge on any atom is -0.353 e. The number of hydrogen-bond donors (Lipinski definition) is 1. The molecule has 122 valence electrons. The summed E-state index contributed by atoms with van der Waals surface area (Å²) in [6, 6.07) is 8.89. The maximum Gasteiger partial charge on any atom is 0.223 e. The number of aryl methyl sites for hydroxylation is 1. The van der Waals surface area contributed by atoms with Crippen LogP contribution in [0.5, 0.6) is 0 Å². The summed E-state index contributed by atoms with van der Waals surface area (Å²) in [5, 5.41) is 3.17. The molecule has 1 N–H and O–H groups in total. The van der Waals surface area contributed by atoms with Crippen LogP contribution in [0.1, 0.15) is 50.7 Å². The van der Waals surface area contributed by atoms with Crippen LogP contribution in [0.4, 0.5) is 0 Å². The smallest absolute Gasteiger partial charge is 0.223 e. The number of amides is 1. The number of carbonyl (C=O) groups excluding carboxylic acids is 1. The summed E-state index contributed by atoms with van der Waals surface area (Å²) in [7, 11) is 0. The minimum absolute atomic E-state index is 0.201. The van der Waals surface area contributed by atoms with Crippen molar-refractivity contribution in [2.24, 2.45) is 5.92 Å². The van der Waals surface area contributed by atoms with Gasteiger partial charge in [0, 0.05) is 18.5 Å². The summed E-state index contributed by atoms with van der Waals surface area (Å²) in [6.45, 7) is 9.49. The van der Waals surface area contributed by atoms with Gasteiger partial charge in [-0.2, -0.15) is 0 Å². The molecule has 1 aliphatic rings. The number of hydrogen-bond acceptors (Lipinski definition) is 2. The number of nitrogens with one attached hydrogen (secondary N) is 1. The van der Waals surface area contributed by atoms with Crippen molar-refractivity contribution >= 4 is 5.91 Å². The van der Waals surface area contributed by atoms with Gasteiger partial charge in [-0.3, -0.25) is 9.69 Å². The quantitative estimate of drug-likeness (QED) is 0.872. The van der Waals surface area contributed by atoms with Crippen molar-refractivity contribution in [3.63, 3.8) is 0 Å². The normalized spacial score (nSPS) is 18.1. The van der Waals surface area contributed by atoms with E-state index in [2.05, 4.69) is 55.3 Å². The van der Waals surface area contributed by atoms with Crippen LogP contribution >= 0.6 is 0 Å². The lowest BCUT2D eigenvalue weighted by atomic mass is 9.95. The lowest BCUT2D eigenvalue weighted by Gasteiger charge is -2.32. The Morgan fingerprint density at radius 2 is 2.00 bits per heavy atom. The molecule has 1 atom stereocenters. The van der Waals surface area contributed by atoms with E-state index in [1.54, 1.807) is 0 Å². The molecule has 0 spiro atoms. The fourth-order valence-electron chi connectivity index (χ4n) is 3.25. The minimum atomic E-state index is 0.201. The van der Waals surface area contributed by atoms with Crippen LogP contribution < -0.4 is 5.32 Å². The van der Waals surface area contributed by atoms with Gasteiger partial charge in [0.1, 0.15) is 0 Å². The molecule has 3 heteroatoms. The lowest BCUT2D eigenvalue weighted by Crippen LogP contribution is -2.42. The number of carbonyl (C=O) groups is 1. The Labute approximate surface area is 135 Å². The Morgan fingerprint density at radius 3 is 2.64 bits per heavy atom. The van der Waals surface area contributed by atoms with Crippen LogP contribution in [0.25, 0.3) is 0 Å². The molecule has 0 aliphatic carbocycles. The molecule has 3 nitrogen and oxygen atoms in total. The molecule has 1 aromatic rings. The first kappa shape index (κ1) is 17.0. The van der Waals surface area contributed by atoms with E-state index in [0.717, 1.165) is 45.3 Å². The molecule has 1 heterocycles. The molecule has 0 saturated carbocycles. The fourth-order valence-corrected chi connectivity index (χ4v) is 3.25. The van der Waals surface area contributed by atoms with Crippen molar-refractivity contribution in [1.82, 2.24) is 10.2 Å². The molecule has 1 amide bonds. The number of nitrogens with zero attached hydrogens (tertiary/aromatic N) is 1. The zero-order valence-electron chi connectivity index (χ0n) is 14.3. The first-order valence-corrected chi connectivity index (χ1v) is 8.67. The zero-order valence-corrected chi connectivity index (χ0v) is 14.3. The Morgan fingerprint density at radius 1 is 1.32 bits per heavy atom. The van der Waals surface area contributed by atoms with Crippen LogP contribution in [-0.2, 0) is 11.3 Å². The number of rotatable bonds is 6. The van der Waals surface area contributed by atoms with Gasteiger partial charge in [-0.15, -0.1) is 0 Å². The highest BCUT2D eigenvalue weighted by Crippen LogP contribution is 2.20. The van der Waals surface area contributed by atoms with Crippen LogP contribution in [0.2, 0.25) is 0 Å². The summed E-state index contributed by atoms with van der Waals surface area (Å²) >= 11 is 0. The molecule has 2 rings (SSSR count). The highest BCUT2D eigenvalue weighted by atomic mass is 16.1. The Bertz CT molecular complexity index is 478. The van der Waals surface area contributed by atoms with E-state index in [1.165, 1.54) is 11.1 Å². The van der Waals surface area contributed by atoms with Crippen molar-refractivity contribution in [3.8, 4) is 0 Å². The Hall–Kier alpha value is -1.35. The van der Waals surface area contributed by atoms with Gasteiger partial charge in [0.05, 0.1) is 0 Å². The van der Waals surface area contributed by atoms with E-state index in [1.807, 2.05) is 0 Å². The third-order valence-electron chi connectivity index (χ3n) is 4.72. The predicted molar refractivity (Wildman–Crippen MR) is 91.7 cm³/mol. The maximum absolute atomic E-state index is 12.3. The number of likely N-dealkylation sites (tertiary alicyclic amines) is 1. The summed E-state index contributed by atoms with van der Waals surface area (Å²) in [4.78, 5) is 14.7. The lowest BCUT2D eigenvalue weighted by molar-refractivity contribution is -0.127. The molecule has 1 aromatic carbocycles. The van der Waals surface area contributed by atoms with Crippen LogP contribution in [0, 0.1) is 12.8 Å². The van der Waals surface area contributed by atoms with Gasteiger partial charge < -0.3 is 5.32 Å². The van der Waals surface area contributed by atoms with Gasteiger partial charge in [0.15, 0.2) is 0 Å². The van der Waals surface area contributed by atoms with E-state index in [9.17, 15) is 4.79 Å². The molecule has 1 aliphatic heterocycles. The monoisotopic (exact) mass is 302 g/mol. The van der Waals surface area contributed by atoms with E-state index >= 15 is 0 Å². The average Bonchev–Trinajstić information content (AvgIpc) is 2.50. The van der Waals surface area contributed by atoms with Gasteiger partial charge in [0.25, 0.3) is 0 Å². The molecule has 0 radical (unpaired) electrons. The molecule has 1 saturated heterocycles. The van der Waals surface area contributed by atoms with Crippen LogP contribution in [-0.4, -0.2) is 29.9 Å². The van der Waals surface area contributed by atoms with Crippen molar-refractivity contribution in [2.75, 3.05) is 13.1 Å². The largest absolute Gasteiger partial charge is 0.353 e. The number of piperidine rings is 1. The third kappa shape index (κ3) is 4.84. The van der Waals surface area contributed by atoms with Crippen molar-refractivity contribution in [3.05, 3.63) is 35.4 Å². The predicted octanol–water partition coefficient (Wildman–Crippen LogP) is 3.51. The maximum atomic E-state index is 12.3. The fraction of sp³-hybridized carbons (Fsp3) is 0.632. The highest BCUT2D eigenvalue weighted by Gasteiger charge is 2.25. The molecule has 22 heavy (non-hydrogen) atoms. The first-order chi connectivity index (χ1) is 10.6. The molecular weight excluding hydrogens is 272 g/mol. The summed E-state index contributed by atoms with van der Waals surface area (Å²) in [5.41, 5.74) is 2.76. The van der Waals surface area contributed by atoms with E-state index in [-0.39, 0.29) is 11.8 Å². The standard InChI is InChI=1S/C19H30N2O/c1-4-7-16(3)20-19(22)17-10-12-21(13-11-17)14-18-9-6-5-8-15(18)2/h5-6,8-9,16-17H,4,7,10-14H2,1-3H3,(H,20,22). The second kappa shape index (κ2) is 8.33. The average molecular weight is 302 g/mol. The van der Waals surface area contributed by atoms with Crippen LogP contribution in [0.15, 0.2) is 24.3 Å². The zero-order chi connectivity index (χ0) is 15.9. The van der Waals surface area contributed by atoms with E-state index in [4.69, 9.17) is 0 Å². The molecular formula is C19H30N2O. The molecule has 1 unspecified atom stereocenters. The molecule has 0 bridgehead atoms. The van der Waals surface area contributed by atoms with Crippen LogP contribution in [0.3, 0.4) is 0 Å². The summed E-state index contributed by atoms with van der Waals surface area (Å²) in [5.74, 6) is 0.462. The van der Waals surface area contributed by atoms with Gasteiger partial charge in [0.2, 0.25) is 5.91 Å². The van der Waals surface area contributed by atoms with Crippen molar-refractivity contribution < 1.29 is 4.79 Å². The van der Waals surface area contributed by atoms with E-state index < -0.39 is 0 Å². The topological polar surface area (TPSA) is 32.3 Å². The number of benzene rings is 1. The Balaban J connectivity index is 1.78. The Kier molecular flexibility index (Phi) is 6.44. The molecule has 1 fully saturated rings. The van der Waals surface area contributed by atoms with Gasteiger partial charge in [-0.05, 0) is 57.3 Å². The summed E-state index contributed by atoms with van der Waals surface area (Å²) < 4.78 is 0. The van der Waals surface area contributed by atoms with E-state index in [0.29, 0.717) is 6.04 Å². The van der Waals surface area contributed by atoms with Gasteiger partial charge in [-0.1, -0.05) is 37.6 Å². The third-order valence-corrected chi connectivity index (χ3v) is 4.72. The first-order valence-electron chi connectivity index (χ1n) is 8.67. The highest BCUT2D eigenvalue weighted by molar-refractivity contribution is 5.79. The summed E-state index contributed by atoms with van der Waals surface area (Å²) in [6.07, 6.45) is 4.15. The van der Waals surface area contributed by atoms with Gasteiger partial charge in [-0.25, -0.2) is 0 Å². The van der Waals surface area contributed by atoms with Crippen molar-refractivity contribution in [1.29, 1.82) is 0 Å². The van der Waals surface area contributed by atoms with Crippen molar-refractivity contribution in [2.45, 2.75) is 59.0 Å². The SMILES string of the molecule is CCCC(C)NC(=O)C1CCN(Cc2ccccc2C)CC1. The second-order valence-corrected chi connectivity index (χ2v) is 6.68. The molecule has 0 aromatic heterocycles.